The van der Waals surface area contributed by atoms with E-state index in [-0.39, 0.29) is 18.0 Å². The van der Waals surface area contributed by atoms with Crippen molar-refractivity contribution < 1.29 is 14.3 Å². The highest BCUT2D eigenvalue weighted by atomic mass is 16.5. The first-order chi connectivity index (χ1) is 11.9. The van der Waals surface area contributed by atoms with Gasteiger partial charge in [0, 0.05) is 17.8 Å². The molecule has 0 saturated carbocycles. The first kappa shape index (κ1) is 18.7. The zero-order valence-corrected chi connectivity index (χ0v) is 15.0. The Balaban J connectivity index is 1.89. The van der Waals surface area contributed by atoms with Gasteiger partial charge < -0.3 is 19.8 Å². The molecule has 6 heteroatoms. The predicted octanol–water partition coefficient (Wildman–Crippen LogP) is 2.22. The van der Waals surface area contributed by atoms with Gasteiger partial charge in [-0.3, -0.25) is 9.59 Å². The third-order valence-electron chi connectivity index (χ3n) is 3.94. The largest absolute Gasteiger partial charge is 0.497 e. The second-order valence-electron chi connectivity index (χ2n) is 5.97. The number of aromatic nitrogens is 1. The highest BCUT2D eigenvalue weighted by molar-refractivity contribution is 5.80. The Morgan fingerprint density at radius 1 is 1.28 bits per heavy atom. The zero-order valence-electron chi connectivity index (χ0n) is 15.0. The van der Waals surface area contributed by atoms with Gasteiger partial charge >= 0.3 is 0 Å². The molecule has 0 aliphatic rings. The summed E-state index contributed by atoms with van der Waals surface area (Å²) in [6.07, 6.45) is -0.629. The average molecular weight is 344 g/mol. The fourth-order valence-electron chi connectivity index (χ4n) is 2.48. The molecule has 1 unspecified atom stereocenters. The number of pyridine rings is 1. The van der Waals surface area contributed by atoms with Crippen LogP contribution in [0.2, 0.25) is 0 Å². The summed E-state index contributed by atoms with van der Waals surface area (Å²) >= 11 is 0. The van der Waals surface area contributed by atoms with Gasteiger partial charge in [0.2, 0.25) is 5.91 Å². The van der Waals surface area contributed by atoms with Crippen LogP contribution >= 0.6 is 0 Å². The van der Waals surface area contributed by atoms with Crippen molar-refractivity contribution in [3.8, 4) is 5.75 Å². The monoisotopic (exact) mass is 344 g/mol. The van der Waals surface area contributed by atoms with E-state index in [9.17, 15) is 9.59 Å². The van der Waals surface area contributed by atoms with Gasteiger partial charge in [-0.2, -0.15) is 0 Å². The van der Waals surface area contributed by atoms with Gasteiger partial charge in [-0.15, -0.1) is 0 Å². The molecule has 0 aliphatic carbocycles. The van der Waals surface area contributed by atoms with Gasteiger partial charge in [-0.05, 0) is 50.1 Å². The number of ether oxygens (including phenoxy) is 2. The van der Waals surface area contributed by atoms with Crippen molar-refractivity contribution in [2.24, 2.45) is 0 Å². The fraction of sp³-hybridized carbons (Fsp3) is 0.368. The van der Waals surface area contributed by atoms with Gasteiger partial charge in [0.1, 0.15) is 11.9 Å². The smallest absolute Gasteiger partial charge is 0.253 e. The van der Waals surface area contributed by atoms with Gasteiger partial charge in [-0.1, -0.05) is 12.1 Å². The zero-order chi connectivity index (χ0) is 18.4. The van der Waals surface area contributed by atoms with E-state index in [1.54, 1.807) is 14.0 Å². The molecule has 2 aromatic rings. The van der Waals surface area contributed by atoms with Crippen molar-refractivity contribution in [1.82, 2.24) is 10.3 Å². The fourth-order valence-corrected chi connectivity index (χ4v) is 2.48. The molecule has 1 aromatic carbocycles. The number of aryl methyl sites for hydroxylation is 2. The minimum Gasteiger partial charge on any atom is -0.497 e. The molecule has 134 valence electrons. The van der Waals surface area contributed by atoms with Crippen molar-refractivity contribution in [2.45, 2.75) is 40.0 Å². The number of nitrogens with one attached hydrogen (secondary N) is 2. The lowest BCUT2D eigenvalue weighted by Gasteiger charge is -2.14. The summed E-state index contributed by atoms with van der Waals surface area (Å²) in [6.45, 7) is 5.84. The lowest BCUT2D eigenvalue weighted by molar-refractivity contribution is -0.132. The van der Waals surface area contributed by atoms with E-state index < -0.39 is 6.10 Å². The Bertz CT molecular complexity index is 798. The highest BCUT2D eigenvalue weighted by Crippen LogP contribution is 2.14. The maximum absolute atomic E-state index is 12.2. The van der Waals surface area contributed by atoms with Crippen LogP contribution in [-0.2, 0) is 22.7 Å². The Labute approximate surface area is 147 Å². The number of hydrogen-bond acceptors (Lipinski definition) is 4. The maximum atomic E-state index is 12.2. The van der Waals surface area contributed by atoms with Crippen LogP contribution in [-0.4, -0.2) is 24.1 Å². The molecular weight excluding hydrogens is 320 g/mol. The van der Waals surface area contributed by atoms with Crippen LogP contribution < -0.4 is 15.6 Å². The van der Waals surface area contributed by atoms with E-state index in [0.717, 1.165) is 22.6 Å². The van der Waals surface area contributed by atoms with Crippen LogP contribution in [0, 0.1) is 13.8 Å². The van der Waals surface area contributed by atoms with Crippen molar-refractivity contribution in [3.63, 3.8) is 0 Å². The lowest BCUT2D eigenvalue weighted by atomic mass is 10.1. The Morgan fingerprint density at radius 2 is 2.04 bits per heavy atom. The molecule has 0 bridgehead atoms. The van der Waals surface area contributed by atoms with Crippen LogP contribution in [0.5, 0.6) is 5.75 Å². The van der Waals surface area contributed by atoms with Crippen LogP contribution in [0.15, 0.2) is 35.1 Å². The molecule has 25 heavy (non-hydrogen) atoms. The molecule has 0 saturated heterocycles. The molecule has 0 fully saturated rings. The SMILES string of the molecule is COc1cccc(COC(C)C(=O)NCc2c(C)cc(C)[nH]c2=O)c1. The van der Waals surface area contributed by atoms with Crippen LogP contribution in [0.3, 0.4) is 0 Å². The summed E-state index contributed by atoms with van der Waals surface area (Å²) in [5, 5.41) is 2.75. The first-order valence-corrected chi connectivity index (χ1v) is 8.12. The highest BCUT2D eigenvalue weighted by Gasteiger charge is 2.15. The molecule has 0 aliphatic heterocycles. The first-order valence-electron chi connectivity index (χ1n) is 8.12. The van der Waals surface area contributed by atoms with E-state index >= 15 is 0 Å². The third-order valence-corrected chi connectivity index (χ3v) is 3.94. The van der Waals surface area contributed by atoms with Crippen molar-refractivity contribution in [3.05, 3.63) is 63.1 Å². The molecule has 1 atom stereocenters. The third kappa shape index (κ3) is 5.19. The van der Waals surface area contributed by atoms with Gasteiger partial charge in [0.25, 0.3) is 5.56 Å². The van der Waals surface area contributed by atoms with E-state index in [2.05, 4.69) is 10.3 Å². The summed E-state index contributed by atoms with van der Waals surface area (Å²) in [4.78, 5) is 26.9. The number of carbonyl (C=O) groups excluding carboxylic acids is 1. The molecule has 1 heterocycles. The number of hydrogen-bond donors (Lipinski definition) is 2. The van der Waals surface area contributed by atoms with Crippen molar-refractivity contribution in [2.75, 3.05) is 7.11 Å². The summed E-state index contributed by atoms with van der Waals surface area (Å²) in [5.74, 6) is 0.481. The second kappa shape index (κ2) is 8.48. The van der Waals surface area contributed by atoms with E-state index in [1.807, 2.05) is 44.2 Å². The predicted molar refractivity (Wildman–Crippen MR) is 95.6 cm³/mol. The molecule has 0 spiro atoms. The number of aromatic amines is 1. The molecule has 6 nitrogen and oxygen atoms in total. The molecule has 2 N–H and O–H groups in total. The molecular formula is C19H24N2O4. The normalized spacial score (nSPS) is 11.8. The summed E-state index contributed by atoms with van der Waals surface area (Å²) < 4.78 is 10.8. The minimum atomic E-state index is -0.629. The molecule has 0 radical (unpaired) electrons. The lowest BCUT2D eigenvalue weighted by Crippen LogP contribution is -2.35. The van der Waals surface area contributed by atoms with Gasteiger partial charge in [0.05, 0.1) is 13.7 Å². The minimum absolute atomic E-state index is 0.174. The van der Waals surface area contributed by atoms with Crippen LogP contribution in [0.1, 0.15) is 29.3 Å². The number of rotatable bonds is 7. The number of H-pyrrole nitrogens is 1. The van der Waals surface area contributed by atoms with Crippen molar-refractivity contribution >= 4 is 5.91 Å². The number of amides is 1. The number of benzene rings is 1. The molecule has 2 rings (SSSR count). The van der Waals surface area contributed by atoms with E-state index in [4.69, 9.17) is 9.47 Å². The molecule has 1 aromatic heterocycles. The Hall–Kier alpha value is -2.60. The van der Waals surface area contributed by atoms with Gasteiger partial charge in [-0.25, -0.2) is 0 Å². The number of methoxy groups -OCH3 is 1. The van der Waals surface area contributed by atoms with E-state index in [1.165, 1.54) is 0 Å². The van der Waals surface area contributed by atoms with E-state index in [0.29, 0.717) is 12.2 Å². The molecule has 1 amide bonds. The van der Waals surface area contributed by atoms with Crippen LogP contribution in [0.4, 0.5) is 0 Å². The van der Waals surface area contributed by atoms with Gasteiger partial charge in [0.15, 0.2) is 0 Å². The van der Waals surface area contributed by atoms with Crippen LogP contribution in [0.25, 0.3) is 0 Å². The van der Waals surface area contributed by atoms with Crippen molar-refractivity contribution in [1.29, 1.82) is 0 Å². The summed E-state index contributed by atoms with van der Waals surface area (Å²) in [6, 6.07) is 9.36. The average Bonchev–Trinajstić information content (AvgIpc) is 2.58. The second-order valence-corrected chi connectivity index (χ2v) is 5.97. The standard InChI is InChI=1S/C19H24N2O4/c1-12-8-13(2)21-19(23)17(12)10-20-18(22)14(3)25-11-15-6-5-7-16(9-15)24-4/h5-9,14H,10-11H2,1-4H3,(H,20,22)(H,21,23). The summed E-state index contributed by atoms with van der Waals surface area (Å²) in [7, 11) is 1.60. The quantitative estimate of drug-likeness (QED) is 0.807. The topological polar surface area (TPSA) is 80.4 Å². The maximum Gasteiger partial charge on any atom is 0.253 e. The Kier molecular flexibility index (Phi) is 6.36. The number of carbonyl (C=O) groups is 1. The summed E-state index contributed by atoms with van der Waals surface area (Å²) in [5.41, 5.74) is 2.95. The Morgan fingerprint density at radius 3 is 2.72 bits per heavy atom.